The maximum atomic E-state index is 11.1. The molecule has 1 aliphatic rings. The van der Waals surface area contributed by atoms with E-state index >= 15 is 0 Å². The first-order chi connectivity index (χ1) is 7.69. The van der Waals surface area contributed by atoms with Gasteiger partial charge in [0, 0.05) is 19.6 Å². The third kappa shape index (κ3) is 1.62. The van der Waals surface area contributed by atoms with Gasteiger partial charge in [-0.3, -0.25) is 9.48 Å². The lowest BCUT2D eigenvalue weighted by Gasteiger charge is -2.26. The number of carbonyl (C=O) groups excluding carboxylic acids is 1. The molecule has 0 aromatic carbocycles. The first-order valence-electron chi connectivity index (χ1n) is 5.94. The highest BCUT2D eigenvalue weighted by molar-refractivity contribution is 5.85. The van der Waals surface area contributed by atoms with Gasteiger partial charge in [0.1, 0.15) is 5.82 Å². The first kappa shape index (κ1) is 11.2. The van der Waals surface area contributed by atoms with Crippen LogP contribution in [0.2, 0.25) is 0 Å². The smallest absolute Gasteiger partial charge is 0.155 e. The van der Waals surface area contributed by atoms with Crippen molar-refractivity contribution in [2.45, 2.75) is 39.2 Å². The zero-order valence-electron chi connectivity index (χ0n) is 10.2. The minimum atomic E-state index is 0.563. The van der Waals surface area contributed by atoms with Gasteiger partial charge < -0.3 is 4.90 Å². The van der Waals surface area contributed by atoms with Gasteiger partial charge in [0.15, 0.2) is 6.29 Å². The van der Waals surface area contributed by atoms with Crippen LogP contribution < -0.4 is 4.90 Å². The fourth-order valence-corrected chi connectivity index (χ4v) is 2.68. The summed E-state index contributed by atoms with van der Waals surface area (Å²) >= 11 is 0. The van der Waals surface area contributed by atoms with Crippen molar-refractivity contribution in [2.75, 3.05) is 11.4 Å². The number of nitrogens with zero attached hydrogens (tertiary/aromatic N) is 3. The Labute approximate surface area is 96.2 Å². The topological polar surface area (TPSA) is 38.1 Å². The molecule has 1 atom stereocenters. The second kappa shape index (κ2) is 4.28. The SMILES string of the molecule is CCC1CCCN1c1c(C=O)c(C)nn1C. The molecule has 1 fully saturated rings. The monoisotopic (exact) mass is 221 g/mol. The van der Waals surface area contributed by atoms with Gasteiger partial charge in [-0.1, -0.05) is 6.92 Å². The van der Waals surface area contributed by atoms with E-state index in [0.29, 0.717) is 6.04 Å². The Morgan fingerprint density at radius 2 is 2.31 bits per heavy atom. The van der Waals surface area contributed by atoms with Crippen LogP contribution in [0.25, 0.3) is 0 Å². The highest BCUT2D eigenvalue weighted by Crippen LogP contribution is 2.30. The summed E-state index contributed by atoms with van der Waals surface area (Å²) in [6, 6.07) is 0.563. The number of aryl methyl sites for hydroxylation is 2. The van der Waals surface area contributed by atoms with Crippen LogP contribution in [0.3, 0.4) is 0 Å². The predicted molar refractivity (Wildman–Crippen MR) is 64.0 cm³/mol. The molecule has 4 nitrogen and oxygen atoms in total. The Balaban J connectivity index is 2.42. The van der Waals surface area contributed by atoms with Crippen molar-refractivity contribution in [3.63, 3.8) is 0 Å². The van der Waals surface area contributed by atoms with Crippen molar-refractivity contribution in [1.82, 2.24) is 9.78 Å². The van der Waals surface area contributed by atoms with Crippen LogP contribution in [0, 0.1) is 6.92 Å². The molecule has 1 aromatic rings. The van der Waals surface area contributed by atoms with E-state index < -0.39 is 0 Å². The molecule has 2 rings (SSSR count). The van der Waals surface area contributed by atoms with Gasteiger partial charge >= 0.3 is 0 Å². The van der Waals surface area contributed by atoms with Crippen molar-refractivity contribution in [2.24, 2.45) is 7.05 Å². The van der Waals surface area contributed by atoms with E-state index in [9.17, 15) is 4.79 Å². The minimum Gasteiger partial charge on any atom is -0.353 e. The maximum Gasteiger partial charge on any atom is 0.155 e. The van der Waals surface area contributed by atoms with Gasteiger partial charge in [0.25, 0.3) is 0 Å². The quantitative estimate of drug-likeness (QED) is 0.732. The molecule has 2 heterocycles. The maximum absolute atomic E-state index is 11.1. The second-order valence-electron chi connectivity index (χ2n) is 4.46. The summed E-state index contributed by atoms with van der Waals surface area (Å²) in [5.74, 6) is 0.997. The van der Waals surface area contributed by atoms with Gasteiger partial charge in [-0.2, -0.15) is 5.10 Å². The van der Waals surface area contributed by atoms with Crippen molar-refractivity contribution >= 4 is 12.1 Å². The summed E-state index contributed by atoms with van der Waals surface area (Å²) in [6.07, 6.45) is 4.49. The Morgan fingerprint density at radius 1 is 1.56 bits per heavy atom. The lowest BCUT2D eigenvalue weighted by Crippen LogP contribution is -2.31. The molecule has 0 saturated carbocycles. The average molecular weight is 221 g/mol. The Morgan fingerprint density at radius 3 is 2.94 bits per heavy atom. The van der Waals surface area contributed by atoms with Crippen molar-refractivity contribution in [3.05, 3.63) is 11.3 Å². The number of carbonyl (C=O) groups is 1. The third-order valence-corrected chi connectivity index (χ3v) is 3.48. The number of anilines is 1. The van der Waals surface area contributed by atoms with Gasteiger partial charge in [0.2, 0.25) is 0 Å². The highest BCUT2D eigenvalue weighted by Gasteiger charge is 2.28. The second-order valence-corrected chi connectivity index (χ2v) is 4.46. The molecule has 0 spiro atoms. The normalized spacial score (nSPS) is 20.4. The number of rotatable bonds is 3. The molecule has 1 aromatic heterocycles. The van der Waals surface area contributed by atoms with E-state index in [0.717, 1.165) is 36.3 Å². The molecule has 1 saturated heterocycles. The summed E-state index contributed by atoms with van der Waals surface area (Å²) in [5.41, 5.74) is 1.58. The standard InChI is InChI=1S/C12H19N3O/c1-4-10-6-5-7-15(10)12-11(8-16)9(2)13-14(12)3/h8,10H,4-7H2,1-3H3. The van der Waals surface area contributed by atoms with Crippen molar-refractivity contribution < 1.29 is 4.79 Å². The van der Waals surface area contributed by atoms with Crippen LogP contribution in [0.15, 0.2) is 0 Å². The highest BCUT2D eigenvalue weighted by atomic mass is 16.1. The summed E-state index contributed by atoms with van der Waals surface area (Å²) in [7, 11) is 1.92. The lowest BCUT2D eigenvalue weighted by atomic mass is 10.1. The molecule has 1 aliphatic heterocycles. The van der Waals surface area contributed by atoms with Crippen LogP contribution in [0.4, 0.5) is 5.82 Å². The van der Waals surface area contributed by atoms with E-state index in [1.807, 2.05) is 18.7 Å². The largest absolute Gasteiger partial charge is 0.353 e. The molecule has 0 amide bonds. The molecule has 0 radical (unpaired) electrons. The number of aromatic nitrogens is 2. The summed E-state index contributed by atoms with van der Waals surface area (Å²) in [4.78, 5) is 13.5. The summed E-state index contributed by atoms with van der Waals surface area (Å²) in [6.45, 7) is 5.13. The number of hydrogen-bond donors (Lipinski definition) is 0. The van der Waals surface area contributed by atoms with E-state index in [1.54, 1.807) is 0 Å². The van der Waals surface area contributed by atoms with Crippen molar-refractivity contribution in [3.8, 4) is 0 Å². The van der Waals surface area contributed by atoms with E-state index in [2.05, 4.69) is 16.9 Å². The van der Waals surface area contributed by atoms with Crippen LogP contribution >= 0.6 is 0 Å². The van der Waals surface area contributed by atoms with E-state index in [-0.39, 0.29) is 0 Å². The molecule has 0 N–H and O–H groups in total. The van der Waals surface area contributed by atoms with Gasteiger partial charge in [-0.05, 0) is 26.2 Å². The van der Waals surface area contributed by atoms with Crippen LogP contribution in [-0.4, -0.2) is 28.7 Å². The summed E-state index contributed by atoms with van der Waals surface area (Å²) < 4.78 is 1.84. The molecule has 16 heavy (non-hydrogen) atoms. The van der Waals surface area contributed by atoms with Gasteiger partial charge in [-0.15, -0.1) is 0 Å². The molecule has 0 aliphatic carbocycles. The number of hydrogen-bond acceptors (Lipinski definition) is 3. The Hall–Kier alpha value is -1.32. The van der Waals surface area contributed by atoms with E-state index in [4.69, 9.17) is 0 Å². The molecule has 0 bridgehead atoms. The van der Waals surface area contributed by atoms with E-state index in [1.165, 1.54) is 12.8 Å². The Bertz CT molecular complexity index is 397. The molecule has 1 unspecified atom stereocenters. The number of aldehydes is 1. The van der Waals surface area contributed by atoms with Gasteiger partial charge in [-0.25, -0.2) is 0 Å². The van der Waals surface area contributed by atoms with Crippen LogP contribution in [0.1, 0.15) is 42.2 Å². The molecular formula is C12H19N3O. The lowest BCUT2D eigenvalue weighted by molar-refractivity contribution is 0.112. The first-order valence-corrected chi connectivity index (χ1v) is 5.94. The average Bonchev–Trinajstić information content (AvgIpc) is 2.81. The minimum absolute atomic E-state index is 0.563. The Kier molecular flexibility index (Phi) is 2.99. The van der Waals surface area contributed by atoms with Crippen LogP contribution in [0.5, 0.6) is 0 Å². The zero-order valence-corrected chi connectivity index (χ0v) is 10.2. The van der Waals surface area contributed by atoms with Gasteiger partial charge in [0.05, 0.1) is 11.3 Å². The van der Waals surface area contributed by atoms with Crippen molar-refractivity contribution in [1.29, 1.82) is 0 Å². The molecule has 4 heteroatoms. The molecule has 88 valence electrons. The fraction of sp³-hybridized carbons (Fsp3) is 0.667. The predicted octanol–water partition coefficient (Wildman–Crippen LogP) is 1.92. The fourth-order valence-electron chi connectivity index (χ4n) is 2.68. The molecular weight excluding hydrogens is 202 g/mol. The zero-order chi connectivity index (χ0) is 11.7. The van der Waals surface area contributed by atoms with Crippen LogP contribution in [-0.2, 0) is 7.05 Å². The summed E-state index contributed by atoms with van der Waals surface area (Å²) in [5, 5.41) is 4.34. The third-order valence-electron chi connectivity index (χ3n) is 3.48.